The zero-order valence-electron chi connectivity index (χ0n) is 31.8. The number of carbonyl (C=O) groups is 2. The summed E-state index contributed by atoms with van der Waals surface area (Å²) in [5.74, 6) is 0.0503. The summed E-state index contributed by atoms with van der Waals surface area (Å²) in [5, 5.41) is 0.738. The number of allylic oxidation sites excluding steroid dienone is 1. The minimum Gasteiger partial charge on any atom is -0.490 e. The fraction of sp³-hybridized carbons (Fsp3) is 0.524. The monoisotopic (exact) mass is 792 g/mol. The van der Waals surface area contributed by atoms with Crippen LogP contribution in [-0.4, -0.2) is 79.1 Å². The molecule has 2 aromatic carbocycles. The molecule has 1 unspecified atom stereocenters. The maximum atomic E-state index is 14.8. The zero-order valence-corrected chi connectivity index (χ0v) is 33.4. The maximum Gasteiger partial charge on any atom is 0.286 e. The largest absolute Gasteiger partial charge is 0.490 e. The van der Waals surface area contributed by atoms with Gasteiger partial charge in [0.2, 0.25) is 0 Å². The number of anilines is 1. The highest BCUT2D eigenvalue weighted by Gasteiger charge is 2.44. The number of nitrogens with zero attached hydrogens (tertiary/aromatic N) is 3. The van der Waals surface area contributed by atoms with Crippen LogP contribution >= 0.6 is 11.6 Å². The van der Waals surface area contributed by atoms with Crippen molar-refractivity contribution in [3.8, 4) is 5.75 Å². The number of rotatable bonds is 5. The van der Waals surface area contributed by atoms with Crippen molar-refractivity contribution >= 4 is 39.0 Å². The van der Waals surface area contributed by atoms with Gasteiger partial charge in [0.15, 0.2) is 0 Å². The number of nitrogens with one attached hydrogen (secondary N) is 1. The van der Waals surface area contributed by atoms with E-state index in [4.69, 9.17) is 30.5 Å². The highest BCUT2D eigenvalue weighted by Crippen LogP contribution is 2.47. The average molecular weight is 793 g/mol. The van der Waals surface area contributed by atoms with Crippen molar-refractivity contribution in [3.05, 3.63) is 93.8 Å². The van der Waals surface area contributed by atoms with Gasteiger partial charge in [-0.15, -0.1) is 4.36 Å². The van der Waals surface area contributed by atoms with Crippen LogP contribution < -0.4 is 14.4 Å². The normalized spacial score (nSPS) is 31.1. The van der Waals surface area contributed by atoms with E-state index in [1.54, 1.807) is 32.5 Å². The number of ether oxygens (including phenoxy) is 4. The highest BCUT2D eigenvalue weighted by atomic mass is 35.5. The van der Waals surface area contributed by atoms with E-state index >= 15 is 0 Å². The third-order valence-electron chi connectivity index (χ3n) is 12.2. The standard InChI is InChI=1S/C42H51ClN4O7S.H2/c1-27-6-4-8-38(52-3)35-12-9-30(35)19-47-25-42(15-5-7-28-16-32(43)11-13-36(28)42)26-54-39-14-10-29(18-37(39)47)40(48)44-55(50,24-27)45-41(49)31-17-33-22-53-34(23-51-2)21-46(33)20-31;/h4,8,10-11,13-14,16-18,20,27,30,34-35,38H,5-7,9,12,15,19,21-26H2,1-3H3,(H,44,45,48,49,50);1H/b8-4+;/t27-,30-,34-,35+,38-,42-,55?;/m0./s1. The molecule has 3 aromatic rings. The summed E-state index contributed by atoms with van der Waals surface area (Å²) in [6.45, 7) is 5.24. The first kappa shape index (κ1) is 38.2. The lowest BCUT2D eigenvalue weighted by molar-refractivity contribution is -0.0382. The first-order valence-corrected chi connectivity index (χ1v) is 21.5. The van der Waals surface area contributed by atoms with Crippen LogP contribution in [0.4, 0.5) is 5.69 Å². The first-order valence-electron chi connectivity index (χ1n) is 19.5. The number of benzene rings is 2. The molecule has 4 heterocycles. The van der Waals surface area contributed by atoms with Crippen LogP contribution in [0.2, 0.25) is 5.02 Å². The Morgan fingerprint density at radius 3 is 2.84 bits per heavy atom. The lowest BCUT2D eigenvalue weighted by Gasteiger charge is -2.46. The summed E-state index contributed by atoms with van der Waals surface area (Å²) in [7, 11) is -0.177. The van der Waals surface area contributed by atoms with Gasteiger partial charge < -0.3 is 28.4 Å². The zero-order chi connectivity index (χ0) is 38.3. The third kappa shape index (κ3) is 7.85. The van der Waals surface area contributed by atoms with Crippen LogP contribution in [-0.2, 0) is 49.1 Å². The number of aryl methyl sites for hydroxylation is 1. The minimum atomic E-state index is -3.57. The number of carbonyl (C=O) groups excluding carboxylic acids is 2. The molecular weight excluding hydrogens is 740 g/mol. The van der Waals surface area contributed by atoms with Gasteiger partial charge in [0.25, 0.3) is 11.8 Å². The Hall–Kier alpha value is -3.68. The van der Waals surface area contributed by atoms with Gasteiger partial charge >= 0.3 is 0 Å². The fourth-order valence-corrected chi connectivity index (χ4v) is 11.4. The molecule has 8 rings (SSSR count). The lowest BCUT2D eigenvalue weighted by atomic mass is 9.68. The van der Waals surface area contributed by atoms with Gasteiger partial charge in [-0.25, -0.2) is 4.21 Å². The molecule has 2 bridgehead atoms. The van der Waals surface area contributed by atoms with Crippen LogP contribution in [0.1, 0.15) is 78.0 Å². The van der Waals surface area contributed by atoms with Gasteiger partial charge in [0.1, 0.15) is 15.7 Å². The summed E-state index contributed by atoms with van der Waals surface area (Å²) in [5.41, 5.74) is 4.54. The second-order valence-corrected chi connectivity index (χ2v) is 18.6. The van der Waals surface area contributed by atoms with E-state index in [2.05, 4.69) is 38.3 Å². The molecule has 13 heteroatoms. The molecule has 1 fully saturated rings. The molecule has 7 atom stereocenters. The number of methoxy groups -OCH3 is 2. The minimum absolute atomic E-state index is 0. The smallest absolute Gasteiger partial charge is 0.286 e. The van der Waals surface area contributed by atoms with Gasteiger partial charge in [0, 0.05) is 56.6 Å². The molecule has 2 aliphatic carbocycles. The molecule has 0 saturated heterocycles. The number of fused-ring (bicyclic) bond motifs is 5. The van der Waals surface area contributed by atoms with E-state index in [-0.39, 0.29) is 30.7 Å². The summed E-state index contributed by atoms with van der Waals surface area (Å²) < 4.78 is 47.6. The van der Waals surface area contributed by atoms with Crippen LogP contribution in [0.5, 0.6) is 5.75 Å². The average Bonchev–Trinajstić information content (AvgIpc) is 3.51. The van der Waals surface area contributed by atoms with Crippen molar-refractivity contribution in [2.75, 3.05) is 51.2 Å². The van der Waals surface area contributed by atoms with E-state index in [0.29, 0.717) is 68.0 Å². The molecule has 5 aliphatic rings. The molecule has 0 radical (unpaired) electrons. The number of halogens is 1. The number of aromatic nitrogens is 1. The van der Waals surface area contributed by atoms with Crippen molar-refractivity contribution in [3.63, 3.8) is 0 Å². The molecule has 2 amide bonds. The van der Waals surface area contributed by atoms with E-state index in [1.165, 1.54) is 11.1 Å². The summed E-state index contributed by atoms with van der Waals surface area (Å²) in [6, 6.07) is 13.3. The molecule has 11 nitrogen and oxygen atoms in total. The van der Waals surface area contributed by atoms with Crippen LogP contribution in [0.3, 0.4) is 0 Å². The number of amides is 2. The quantitative estimate of drug-likeness (QED) is 0.275. The molecule has 55 heavy (non-hydrogen) atoms. The summed E-state index contributed by atoms with van der Waals surface area (Å²) in [4.78, 5) is 30.3. The SMILES string of the molecule is COC[C@@H]1Cn2cc(C(=O)NS3(=O)=NC(=O)c4ccc5c(c4)N(C[C@@H]4CC[C@H]4[C@@H](OC)/C=C/C[C@H](C)C3)C[C@@]3(CCCc4cc(Cl)ccc43)CO5)cc2CO1.[HH]. The molecule has 296 valence electrons. The number of hydrogen-bond acceptors (Lipinski definition) is 8. The Morgan fingerprint density at radius 1 is 1.16 bits per heavy atom. The first-order chi connectivity index (χ1) is 26.5. The Kier molecular flexibility index (Phi) is 10.9. The van der Waals surface area contributed by atoms with E-state index in [0.717, 1.165) is 55.1 Å². The Bertz CT molecular complexity index is 2120. The molecule has 1 saturated carbocycles. The Labute approximate surface area is 330 Å². The summed E-state index contributed by atoms with van der Waals surface area (Å²) in [6.07, 6.45) is 11.4. The Morgan fingerprint density at radius 2 is 2.04 bits per heavy atom. The van der Waals surface area contributed by atoms with Crippen LogP contribution in [0, 0.1) is 17.8 Å². The van der Waals surface area contributed by atoms with Gasteiger partial charge in [-0.2, -0.15) is 0 Å². The predicted octanol–water partition coefficient (Wildman–Crippen LogP) is 7.00. The van der Waals surface area contributed by atoms with Gasteiger partial charge in [-0.3, -0.25) is 14.3 Å². The van der Waals surface area contributed by atoms with Crippen LogP contribution in [0.15, 0.2) is 65.2 Å². The van der Waals surface area contributed by atoms with E-state index < -0.39 is 21.7 Å². The predicted molar refractivity (Wildman–Crippen MR) is 214 cm³/mol. The fourth-order valence-electron chi connectivity index (χ4n) is 9.30. The molecule has 1 spiro atoms. The van der Waals surface area contributed by atoms with Gasteiger partial charge in [0.05, 0.1) is 55.6 Å². The highest BCUT2D eigenvalue weighted by molar-refractivity contribution is 7.92. The van der Waals surface area contributed by atoms with E-state index in [1.807, 2.05) is 29.7 Å². The Balaban J connectivity index is 0.00000480. The van der Waals surface area contributed by atoms with Crippen LogP contribution in [0.25, 0.3) is 0 Å². The van der Waals surface area contributed by atoms with Gasteiger partial charge in [-0.1, -0.05) is 36.7 Å². The van der Waals surface area contributed by atoms with Crippen molar-refractivity contribution < 1.29 is 34.2 Å². The van der Waals surface area contributed by atoms with Crippen molar-refractivity contribution in [2.45, 2.75) is 76.2 Å². The maximum absolute atomic E-state index is 14.8. The second-order valence-electron chi connectivity index (χ2n) is 16.2. The van der Waals surface area contributed by atoms with Crippen molar-refractivity contribution in [1.29, 1.82) is 0 Å². The lowest BCUT2D eigenvalue weighted by Crippen LogP contribution is -2.49. The molecule has 3 aliphatic heterocycles. The van der Waals surface area contributed by atoms with Crippen molar-refractivity contribution in [2.24, 2.45) is 22.1 Å². The van der Waals surface area contributed by atoms with E-state index in [9.17, 15) is 13.8 Å². The second kappa shape index (κ2) is 15.7. The molecule has 1 aromatic heterocycles. The third-order valence-corrected chi connectivity index (χ3v) is 14.5. The number of hydrogen-bond donors (Lipinski definition) is 1. The molecule has 1 N–H and O–H groups in total. The van der Waals surface area contributed by atoms with Crippen molar-refractivity contribution in [1.82, 2.24) is 9.29 Å². The van der Waals surface area contributed by atoms with Gasteiger partial charge in [-0.05, 0) is 104 Å². The topological polar surface area (TPSA) is 121 Å². The molecular formula is C42H53ClN4O7S. The summed E-state index contributed by atoms with van der Waals surface area (Å²) >= 11 is 6.48.